The zero-order valence-corrected chi connectivity index (χ0v) is 20.9. The zero-order chi connectivity index (χ0) is 27.4. The molecule has 0 aliphatic rings. The molecular weight excluding hydrogens is 498 g/mol. The molecule has 5 aromatic rings. The average molecular weight is 520 g/mol. The number of nitrogens with zero attached hydrogens (tertiary/aromatic N) is 6. The number of amides is 1. The van der Waals surface area contributed by atoms with Gasteiger partial charge in [0, 0.05) is 17.3 Å². The Balaban J connectivity index is 1.61. The van der Waals surface area contributed by atoms with Crippen LogP contribution in [-0.4, -0.2) is 40.0 Å². The Hall–Kier alpha value is -5.76. The Morgan fingerprint density at radius 3 is 2.49 bits per heavy atom. The van der Waals surface area contributed by atoms with Crippen LogP contribution < -0.4 is 14.8 Å². The van der Waals surface area contributed by atoms with E-state index < -0.39 is 5.91 Å². The van der Waals surface area contributed by atoms with E-state index in [0.29, 0.717) is 33.8 Å². The summed E-state index contributed by atoms with van der Waals surface area (Å²) in [5, 5.41) is 37.5. The SMILES string of the molecule is COc1ccc(NC(=O)c2cc3cc(OC)ccc3c(/N=N/c3c(C#N)cnn3-c3ccccn3)c2O)cc1. The number of hydrogen-bond acceptors (Lipinski definition) is 9. The highest BCUT2D eigenvalue weighted by molar-refractivity contribution is 6.11. The Morgan fingerprint density at radius 1 is 1.03 bits per heavy atom. The molecule has 0 aliphatic heterocycles. The number of carbonyl (C=O) groups excluding carboxylic acids is 1. The molecule has 0 saturated heterocycles. The third-order valence-electron chi connectivity index (χ3n) is 5.86. The van der Waals surface area contributed by atoms with Crippen LogP contribution in [0.2, 0.25) is 0 Å². The van der Waals surface area contributed by atoms with Crippen molar-refractivity contribution in [2.75, 3.05) is 19.5 Å². The third kappa shape index (κ3) is 4.94. The number of nitriles is 1. The number of rotatable bonds is 7. The number of azo groups is 1. The van der Waals surface area contributed by atoms with Gasteiger partial charge in [-0.2, -0.15) is 15.0 Å². The number of pyridine rings is 1. The van der Waals surface area contributed by atoms with Gasteiger partial charge in [0.1, 0.15) is 28.8 Å². The molecule has 0 spiro atoms. The summed E-state index contributed by atoms with van der Waals surface area (Å²) in [6, 6.07) is 20.7. The minimum Gasteiger partial charge on any atom is -0.505 e. The molecule has 39 heavy (non-hydrogen) atoms. The first-order valence-corrected chi connectivity index (χ1v) is 11.6. The van der Waals surface area contributed by atoms with E-state index in [2.05, 4.69) is 25.6 Å². The lowest BCUT2D eigenvalue weighted by Crippen LogP contribution is -2.12. The van der Waals surface area contributed by atoms with Crippen LogP contribution in [-0.2, 0) is 0 Å². The fraction of sp³-hybridized carbons (Fsp3) is 0.0714. The number of hydrogen-bond donors (Lipinski definition) is 2. The average Bonchev–Trinajstić information content (AvgIpc) is 3.39. The van der Waals surface area contributed by atoms with Gasteiger partial charge < -0.3 is 19.9 Å². The van der Waals surface area contributed by atoms with Crippen molar-refractivity contribution in [2.45, 2.75) is 0 Å². The van der Waals surface area contributed by atoms with Gasteiger partial charge >= 0.3 is 0 Å². The molecule has 5 rings (SSSR count). The van der Waals surface area contributed by atoms with Crippen LogP contribution in [0.25, 0.3) is 16.6 Å². The number of aromatic hydroxyl groups is 1. The molecule has 2 N–H and O–H groups in total. The molecule has 11 nitrogen and oxygen atoms in total. The maximum Gasteiger partial charge on any atom is 0.259 e. The van der Waals surface area contributed by atoms with Crippen molar-refractivity contribution in [3.05, 3.63) is 90.3 Å². The monoisotopic (exact) mass is 519 g/mol. The number of ether oxygens (including phenoxy) is 2. The van der Waals surface area contributed by atoms with E-state index in [1.807, 2.05) is 6.07 Å². The van der Waals surface area contributed by atoms with Gasteiger partial charge in [0.2, 0.25) is 0 Å². The highest BCUT2D eigenvalue weighted by Crippen LogP contribution is 2.41. The summed E-state index contributed by atoms with van der Waals surface area (Å²) in [6.45, 7) is 0. The van der Waals surface area contributed by atoms with E-state index >= 15 is 0 Å². The van der Waals surface area contributed by atoms with Gasteiger partial charge in [0.25, 0.3) is 5.91 Å². The number of carbonyl (C=O) groups is 1. The predicted octanol–water partition coefficient (Wildman–Crippen LogP) is 5.68. The maximum atomic E-state index is 13.2. The highest BCUT2D eigenvalue weighted by Gasteiger charge is 2.20. The van der Waals surface area contributed by atoms with Gasteiger partial charge in [-0.1, -0.05) is 6.07 Å². The molecule has 192 valence electrons. The van der Waals surface area contributed by atoms with E-state index in [9.17, 15) is 15.2 Å². The van der Waals surface area contributed by atoms with Crippen molar-refractivity contribution in [3.63, 3.8) is 0 Å². The molecule has 0 bridgehead atoms. The van der Waals surface area contributed by atoms with Crippen molar-refractivity contribution in [2.24, 2.45) is 10.2 Å². The van der Waals surface area contributed by atoms with Crippen molar-refractivity contribution in [1.82, 2.24) is 14.8 Å². The molecule has 0 fully saturated rings. The molecule has 0 radical (unpaired) electrons. The first kappa shape index (κ1) is 24.9. The first-order valence-electron chi connectivity index (χ1n) is 11.6. The van der Waals surface area contributed by atoms with Crippen molar-refractivity contribution in [3.8, 4) is 29.1 Å². The molecule has 0 aliphatic carbocycles. The van der Waals surface area contributed by atoms with Gasteiger partial charge in [0.05, 0.1) is 26.0 Å². The smallest absolute Gasteiger partial charge is 0.259 e. The summed E-state index contributed by atoms with van der Waals surface area (Å²) in [7, 11) is 3.08. The second kappa shape index (κ2) is 10.7. The molecule has 3 aromatic carbocycles. The highest BCUT2D eigenvalue weighted by atomic mass is 16.5. The van der Waals surface area contributed by atoms with E-state index in [-0.39, 0.29) is 28.4 Å². The summed E-state index contributed by atoms with van der Waals surface area (Å²) in [4.78, 5) is 17.5. The molecule has 0 saturated carbocycles. The quantitative estimate of drug-likeness (QED) is 0.263. The van der Waals surface area contributed by atoms with E-state index in [4.69, 9.17) is 9.47 Å². The van der Waals surface area contributed by atoms with Gasteiger partial charge in [-0.05, 0) is 66.0 Å². The number of aromatic nitrogens is 3. The number of methoxy groups -OCH3 is 2. The summed E-state index contributed by atoms with van der Waals surface area (Å²) in [5.74, 6) is 0.792. The number of phenolic OH excluding ortho intramolecular Hbond substituents is 1. The zero-order valence-electron chi connectivity index (χ0n) is 20.9. The van der Waals surface area contributed by atoms with Gasteiger partial charge in [-0.25, -0.2) is 4.98 Å². The Bertz CT molecular complexity index is 1740. The Morgan fingerprint density at radius 2 is 1.79 bits per heavy atom. The standard InChI is InChI=1S/C28H21N7O4/c1-38-20-8-6-19(7-9-20)32-28(37)23-14-17-13-21(39-2)10-11-22(17)25(26(23)36)33-34-27-18(15-29)16-31-35(27)24-5-3-4-12-30-24/h3-14,16,36H,1-2H3,(H,32,37)/b34-33+. The normalized spacial score (nSPS) is 10.9. The second-order valence-electron chi connectivity index (χ2n) is 8.18. The number of fused-ring (bicyclic) bond motifs is 1. The van der Waals surface area contributed by atoms with Crippen LogP contribution >= 0.6 is 0 Å². The van der Waals surface area contributed by atoms with Gasteiger partial charge in [0.15, 0.2) is 17.4 Å². The molecular formula is C28H21N7O4. The Labute approximate surface area is 222 Å². The largest absolute Gasteiger partial charge is 0.505 e. The summed E-state index contributed by atoms with van der Waals surface area (Å²) in [6.07, 6.45) is 2.94. The molecule has 2 aromatic heterocycles. The predicted molar refractivity (Wildman–Crippen MR) is 143 cm³/mol. The molecule has 1 amide bonds. The van der Waals surface area contributed by atoms with E-state index in [0.717, 1.165) is 0 Å². The Kier molecular flexibility index (Phi) is 6.83. The first-order chi connectivity index (χ1) is 19.0. The van der Waals surface area contributed by atoms with E-state index in [1.165, 1.54) is 18.0 Å². The maximum absolute atomic E-state index is 13.2. The van der Waals surface area contributed by atoms with Crippen LogP contribution in [0.3, 0.4) is 0 Å². The molecule has 0 unspecified atom stereocenters. The number of phenols is 1. The van der Waals surface area contributed by atoms with Crippen LogP contribution in [0, 0.1) is 11.3 Å². The number of benzene rings is 3. The second-order valence-corrected chi connectivity index (χ2v) is 8.18. The van der Waals surface area contributed by atoms with Gasteiger partial charge in [-0.3, -0.25) is 4.79 Å². The fourth-order valence-corrected chi connectivity index (χ4v) is 3.89. The number of anilines is 1. The lowest BCUT2D eigenvalue weighted by Gasteiger charge is -2.12. The lowest BCUT2D eigenvalue weighted by atomic mass is 10.0. The van der Waals surface area contributed by atoms with E-state index in [1.54, 1.807) is 80.0 Å². The fourth-order valence-electron chi connectivity index (χ4n) is 3.89. The summed E-state index contributed by atoms with van der Waals surface area (Å²) < 4.78 is 11.9. The summed E-state index contributed by atoms with van der Waals surface area (Å²) >= 11 is 0. The molecule has 2 heterocycles. The van der Waals surface area contributed by atoms with Crippen LogP contribution in [0.15, 0.2) is 89.4 Å². The van der Waals surface area contributed by atoms with Crippen LogP contribution in [0.1, 0.15) is 15.9 Å². The topological polar surface area (TPSA) is 147 Å². The lowest BCUT2D eigenvalue weighted by molar-refractivity contribution is 0.102. The van der Waals surface area contributed by atoms with Crippen molar-refractivity contribution < 1.29 is 19.4 Å². The minimum atomic E-state index is -0.560. The van der Waals surface area contributed by atoms with Gasteiger partial charge in [-0.15, -0.1) is 10.2 Å². The minimum absolute atomic E-state index is 0.0285. The molecule has 11 heteroatoms. The van der Waals surface area contributed by atoms with Crippen molar-refractivity contribution >= 4 is 33.9 Å². The number of nitrogens with one attached hydrogen (secondary N) is 1. The third-order valence-corrected chi connectivity index (χ3v) is 5.86. The van der Waals surface area contributed by atoms with Crippen molar-refractivity contribution in [1.29, 1.82) is 5.26 Å². The molecule has 0 atom stereocenters. The summed E-state index contributed by atoms with van der Waals surface area (Å²) in [5.41, 5.74) is 0.669. The van der Waals surface area contributed by atoms with Crippen LogP contribution in [0.5, 0.6) is 17.2 Å². The van der Waals surface area contributed by atoms with Crippen LogP contribution in [0.4, 0.5) is 17.2 Å².